The van der Waals surface area contributed by atoms with Gasteiger partial charge in [-0.15, -0.1) is 0 Å². The molecule has 5 aliphatic carbocycles. The maximum Gasteiger partial charge on any atom is 0.247 e. The van der Waals surface area contributed by atoms with Gasteiger partial charge in [-0.25, -0.2) is 0 Å². The van der Waals surface area contributed by atoms with Crippen molar-refractivity contribution in [2.45, 2.75) is 69.9 Å². The topological polar surface area (TPSA) is 116 Å². The van der Waals surface area contributed by atoms with Crippen molar-refractivity contribution in [3.8, 4) is 0 Å². The third-order valence-corrected chi connectivity index (χ3v) is 9.95. The molecule has 5 fully saturated rings. The molecule has 0 radical (unpaired) electrons. The van der Waals surface area contributed by atoms with Crippen LogP contribution in [0.15, 0.2) is 18.2 Å². The molecule has 4 bridgehead atoms. The lowest BCUT2D eigenvalue weighted by Gasteiger charge is -2.59. The van der Waals surface area contributed by atoms with E-state index in [-0.39, 0.29) is 29.7 Å². The monoisotopic (exact) mass is 478 g/mol. The van der Waals surface area contributed by atoms with Crippen LogP contribution in [0.2, 0.25) is 5.02 Å². The molecule has 0 saturated heterocycles. The van der Waals surface area contributed by atoms with Crippen LogP contribution >= 0.6 is 11.6 Å². The summed E-state index contributed by atoms with van der Waals surface area (Å²) in [5.74, 6) is 0.479. The number of halogens is 1. The highest BCUT2D eigenvalue weighted by Gasteiger charge is 2.59. The normalized spacial score (nSPS) is 35.1. The van der Waals surface area contributed by atoms with E-state index >= 15 is 0 Å². The van der Waals surface area contributed by atoms with Gasteiger partial charge >= 0.3 is 0 Å². The summed E-state index contributed by atoms with van der Waals surface area (Å²) >= 11 is 3.63. The van der Waals surface area contributed by atoms with Crippen molar-refractivity contribution in [1.29, 1.82) is 0 Å². The van der Waals surface area contributed by atoms with Crippen LogP contribution in [0.4, 0.5) is 5.69 Å². The van der Waals surface area contributed by atoms with E-state index in [0.717, 1.165) is 38.5 Å². The lowest BCUT2D eigenvalue weighted by Crippen LogP contribution is -2.68. The van der Waals surface area contributed by atoms with Gasteiger partial charge in [-0.05, 0) is 93.7 Å². The zero-order valence-corrected chi connectivity index (χ0v) is 19.7. The summed E-state index contributed by atoms with van der Waals surface area (Å²) in [5, 5.41) is 3.72. The predicted molar refractivity (Wildman–Crippen MR) is 121 cm³/mol. The number of amides is 2. The Kier molecular flexibility index (Phi) is 5.34. The van der Waals surface area contributed by atoms with Gasteiger partial charge in [0.25, 0.3) is 0 Å². The third kappa shape index (κ3) is 3.21. The van der Waals surface area contributed by atoms with Crippen molar-refractivity contribution in [3.05, 3.63) is 28.8 Å². The van der Waals surface area contributed by atoms with Crippen LogP contribution in [-0.4, -0.2) is 32.2 Å². The third-order valence-electron chi connectivity index (χ3n) is 8.69. The van der Waals surface area contributed by atoms with Gasteiger partial charge in [0, 0.05) is 27.7 Å². The molecule has 7 nitrogen and oxygen atoms in total. The molecular formula is C23H29ClN3O4S-. The van der Waals surface area contributed by atoms with Gasteiger partial charge in [0.1, 0.15) is 5.54 Å². The lowest BCUT2D eigenvalue weighted by molar-refractivity contribution is -0.148. The molecule has 0 spiro atoms. The minimum atomic E-state index is -2.63. The van der Waals surface area contributed by atoms with E-state index in [1.807, 2.05) is 0 Å². The Morgan fingerprint density at radius 1 is 1.22 bits per heavy atom. The summed E-state index contributed by atoms with van der Waals surface area (Å²) in [6.07, 6.45) is 6.02. The molecule has 174 valence electrons. The number of carbonyl (C=O) groups is 2. The first-order chi connectivity index (χ1) is 15.2. The molecule has 9 heteroatoms. The maximum absolute atomic E-state index is 13.7. The van der Waals surface area contributed by atoms with Crippen molar-refractivity contribution in [3.63, 3.8) is 0 Å². The lowest BCUT2D eigenvalue weighted by atomic mass is 9.47. The largest absolute Gasteiger partial charge is 0.755 e. The van der Waals surface area contributed by atoms with Gasteiger partial charge in [-0.1, -0.05) is 17.7 Å². The van der Waals surface area contributed by atoms with Gasteiger partial charge in [0.15, 0.2) is 0 Å². The second kappa shape index (κ2) is 7.71. The second-order valence-corrected chi connectivity index (χ2v) is 11.6. The van der Waals surface area contributed by atoms with Gasteiger partial charge in [-0.2, -0.15) is 0 Å². The first kappa shape index (κ1) is 22.2. The number of carbonyl (C=O) groups excluding carboxylic acids is 2. The summed E-state index contributed by atoms with van der Waals surface area (Å²) in [6, 6.07) is 5.08. The molecule has 5 aliphatic rings. The van der Waals surface area contributed by atoms with E-state index in [2.05, 4.69) is 5.32 Å². The number of rotatable bonds is 6. The Morgan fingerprint density at radius 3 is 2.41 bits per heavy atom. The van der Waals surface area contributed by atoms with Crippen molar-refractivity contribution >= 4 is 40.4 Å². The number of benzene rings is 1. The number of hydrogen-bond acceptors (Lipinski definition) is 4. The van der Waals surface area contributed by atoms with Gasteiger partial charge in [-0.3, -0.25) is 18.1 Å². The van der Waals surface area contributed by atoms with E-state index in [9.17, 15) is 18.4 Å². The molecule has 1 aromatic rings. The van der Waals surface area contributed by atoms with E-state index in [4.69, 9.17) is 17.3 Å². The average Bonchev–Trinajstić information content (AvgIpc) is 2.69. The number of nitrogens with two attached hydrogens (primary N) is 1. The quantitative estimate of drug-likeness (QED) is 0.611. The first-order valence-corrected chi connectivity index (χ1v) is 12.8. The maximum atomic E-state index is 13.7. The first-order valence-electron chi connectivity index (χ1n) is 11.4. The second-order valence-electron chi connectivity index (χ2n) is 10.4. The Labute approximate surface area is 195 Å². The molecule has 5 saturated carbocycles. The predicted octanol–water partition coefficient (Wildman–Crippen LogP) is 2.97. The number of anilines is 1. The summed E-state index contributed by atoms with van der Waals surface area (Å²) in [5.41, 5.74) is 5.30. The smallest absolute Gasteiger partial charge is 0.247 e. The number of nitrogens with zero attached hydrogens (tertiary/aromatic N) is 1. The van der Waals surface area contributed by atoms with Crippen LogP contribution < -0.4 is 15.4 Å². The van der Waals surface area contributed by atoms with Crippen LogP contribution in [0.3, 0.4) is 0 Å². The van der Waals surface area contributed by atoms with Gasteiger partial charge in [0.2, 0.25) is 11.8 Å². The van der Waals surface area contributed by atoms with Crippen molar-refractivity contribution in [2.75, 3.05) is 4.31 Å². The van der Waals surface area contributed by atoms with Crippen molar-refractivity contribution < 1.29 is 18.4 Å². The molecule has 0 aromatic heterocycles. The highest BCUT2D eigenvalue weighted by molar-refractivity contribution is 7.80. The number of nitrogens with one attached hydrogen (secondary N) is 1. The molecule has 0 heterocycles. The SMILES string of the molecule is Cc1c(Cl)cccc1N(S(=O)[O-])C1(C(=O)NC2C3CC4CC2CC(C(N)=O)(C4)C3)CCC1. The standard InChI is InChI=1S/C23H30ClN3O4S/c1-13-17(24)4-2-5-18(13)27(32(30)31)23(6-3-7-23)21(29)26-19-15-8-14-9-16(19)12-22(10-14,11-15)20(25)28/h2,4-5,14-16,19H,3,6-12H2,1H3,(H2,25,28)(H,26,29)(H,30,31)/p-1. The summed E-state index contributed by atoms with van der Waals surface area (Å²) in [7, 11) is 0. The van der Waals surface area contributed by atoms with Crippen LogP contribution in [0.5, 0.6) is 0 Å². The Hall–Kier alpha value is -1.64. The molecule has 3 unspecified atom stereocenters. The fraction of sp³-hybridized carbons (Fsp3) is 0.652. The van der Waals surface area contributed by atoms with Crippen molar-refractivity contribution in [2.24, 2.45) is 28.9 Å². The minimum Gasteiger partial charge on any atom is -0.755 e. The molecule has 2 amide bonds. The molecular weight excluding hydrogens is 450 g/mol. The van der Waals surface area contributed by atoms with Crippen molar-refractivity contribution in [1.82, 2.24) is 5.32 Å². The molecule has 32 heavy (non-hydrogen) atoms. The summed E-state index contributed by atoms with van der Waals surface area (Å²) in [4.78, 5) is 25.9. The van der Waals surface area contributed by atoms with E-state index in [1.54, 1.807) is 25.1 Å². The highest BCUT2D eigenvalue weighted by atomic mass is 35.5. The molecule has 0 aliphatic heterocycles. The fourth-order valence-corrected chi connectivity index (χ4v) is 8.23. The minimum absolute atomic E-state index is 0.0357. The molecule has 3 N–H and O–H groups in total. The van der Waals surface area contributed by atoms with Crippen LogP contribution in [-0.2, 0) is 20.9 Å². The Bertz CT molecular complexity index is 981. The van der Waals surface area contributed by atoms with Gasteiger partial charge in [0.05, 0.1) is 5.69 Å². The van der Waals surface area contributed by atoms with Crippen LogP contribution in [0.25, 0.3) is 0 Å². The molecule has 1 aromatic carbocycles. The molecule has 3 atom stereocenters. The number of hydrogen-bond donors (Lipinski definition) is 2. The zero-order valence-electron chi connectivity index (χ0n) is 18.1. The summed E-state index contributed by atoms with van der Waals surface area (Å²) in [6.45, 7) is 1.77. The van der Waals surface area contributed by atoms with E-state index in [0.29, 0.717) is 35.0 Å². The van der Waals surface area contributed by atoms with E-state index < -0.39 is 22.2 Å². The Balaban J connectivity index is 1.43. The fourth-order valence-electron chi connectivity index (χ4n) is 7.15. The average molecular weight is 479 g/mol. The van der Waals surface area contributed by atoms with Gasteiger partial charge < -0.3 is 15.6 Å². The van der Waals surface area contributed by atoms with Crippen LogP contribution in [0, 0.1) is 30.1 Å². The van der Waals surface area contributed by atoms with Crippen LogP contribution in [0.1, 0.15) is 56.9 Å². The zero-order chi connectivity index (χ0) is 22.8. The summed E-state index contributed by atoms with van der Waals surface area (Å²) < 4.78 is 26.1. The highest BCUT2D eigenvalue weighted by Crippen LogP contribution is 2.60. The Morgan fingerprint density at radius 2 is 1.88 bits per heavy atom. The molecule has 6 rings (SSSR count). The number of primary amides is 1. The van der Waals surface area contributed by atoms with E-state index in [1.165, 1.54) is 4.31 Å².